The highest BCUT2D eigenvalue weighted by Crippen LogP contribution is 2.14. The Morgan fingerprint density at radius 3 is 1.80 bits per heavy atom. The van der Waals surface area contributed by atoms with E-state index in [1.165, 1.54) is 36.8 Å². The number of aromatic hydroxyl groups is 2. The van der Waals surface area contributed by atoms with Gasteiger partial charge in [-0.15, -0.1) is 0 Å². The van der Waals surface area contributed by atoms with Crippen molar-refractivity contribution in [1.82, 2.24) is 25.9 Å². The van der Waals surface area contributed by atoms with Crippen LogP contribution in [0, 0.1) is 0 Å². The molecule has 0 bridgehead atoms. The molecular formula is C30H39N7O7. The molecule has 44 heavy (non-hydrogen) atoms. The monoisotopic (exact) mass is 609 g/mol. The number of phenolic OH excluding ortho intramolecular Hbond substituents is 2. The maximum atomic E-state index is 13.5. The average Bonchev–Trinajstić information content (AvgIpc) is 3.51. The van der Waals surface area contributed by atoms with Crippen LogP contribution in [-0.4, -0.2) is 79.7 Å². The van der Waals surface area contributed by atoms with Crippen LogP contribution >= 0.6 is 0 Å². The number of aromatic nitrogens is 2. The van der Waals surface area contributed by atoms with E-state index in [9.17, 15) is 34.5 Å². The molecule has 0 aliphatic carbocycles. The van der Waals surface area contributed by atoms with Gasteiger partial charge in [0.05, 0.1) is 12.4 Å². The third-order valence-corrected chi connectivity index (χ3v) is 6.91. The van der Waals surface area contributed by atoms with Crippen LogP contribution in [0.1, 0.15) is 36.1 Å². The molecule has 0 saturated heterocycles. The molecule has 0 aliphatic rings. The predicted molar refractivity (Wildman–Crippen MR) is 160 cm³/mol. The van der Waals surface area contributed by atoms with Gasteiger partial charge in [-0.25, -0.2) is 9.78 Å². The fourth-order valence-electron chi connectivity index (χ4n) is 4.46. The SMILES string of the molecule is NCCCCC(NC(=O)C(N)Cc1cnc[nH]1)C(=O)NC(Cc1ccc(O)cc1)C(=O)NC(Cc1ccc(O)cc1)C(=O)O. The molecule has 3 rings (SSSR count). The molecule has 4 unspecified atom stereocenters. The highest BCUT2D eigenvalue weighted by atomic mass is 16.4. The first-order valence-corrected chi connectivity index (χ1v) is 14.2. The van der Waals surface area contributed by atoms with Crippen molar-refractivity contribution in [1.29, 1.82) is 0 Å². The zero-order chi connectivity index (χ0) is 32.1. The number of H-pyrrole nitrogens is 1. The van der Waals surface area contributed by atoms with Crippen LogP contribution in [0.2, 0.25) is 0 Å². The summed E-state index contributed by atoms with van der Waals surface area (Å²) in [5.41, 5.74) is 13.5. The molecule has 0 fully saturated rings. The molecule has 0 radical (unpaired) electrons. The number of aromatic amines is 1. The Bertz CT molecular complexity index is 1370. The summed E-state index contributed by atoms with van der Waals surface area (Å²) in [6.07, 6.45) is 4.37. The second kappa shape index (κ2) is 16.6. The lowest BCUT2D eigenvalue weighted by Gasteiger charge is -2.25. The van der Waals surface area contributed by atoms with Crippen LogP contribution in [0.5, 0.6) is 11.5 Å². The quantitative estimate of drug-likeness (QED) is 0.0915. The van der Waals surface area contributed by atoms with E-state index in [4.69, 9.17) is 11.5 Å². The summed E-state index contributed by atoms with van der Waals surface area (Å²) in [6, 6.07) is 7.28. The zero-order valence-electron chi connectivity index (χ0n) is 24.1. The Balaban J connectivity index is 1.78. The Morgan fingerprint density at radius 1 is 0.750 bits per heavy atom. The minimum Gasteiger partial charge on any atom is -0.508 e. The van der Waals surface area contributed by atoms with Crippen molar-refractivity contribution in [2.24, 2.45) is 11.5 Å². The predicted octanol–water partition coefficient (Wildman–Crippen LogP) is -0.156. The Kier molecular flexibility index (Phi) is 12.7. The Labute approximate surface area is 254 Å². The molecule has 11 N–H and O–H groups in total. The van der Waals surface area contributed by atoms with Crippen LogP contribution in [0.25, 0.3) is 0 Å². The fourth-order valence-corrected chi connectivity index (χ4v) is 4.46. The lowest BCUT2D eigenvalue weighted by Crippen LogP contribution is -2.58. The number of hydrogen-bond donors (Lipinski definition) is 9. The number of nitrogens with zero attached hydrogens (tertiary/aromatic N) is 1. The molecule has 0 spiro atoms. The first-order valence-electron chi connectivity index (χ1n) is 14.2. The number of hydrogen-bond acceptors (Lipinski definition) is 9. The molecule has 2 aromatic carbocycles. The molecule has 0 aliphatic heterocycles. The van der Waals surface area contributed by atoms with Crippen LogP contribution in [-0.2, 0) is 38.4 Å². The number of nitrogens with one attached hydrogen (secondary N) is 4. The third-order valence-electron chi connectivity index (χ3n) is 6.91. The fraction of sp³-hybridized carbons (Fsp3) is 0.367. The summed E-state index contributed by atoms with van der Waals surface area (Å²) in [6.45, 7) is 0.380. The summed E-state index contributed by atoms with van der Waals surface area (Å²) in [5.74, 6) is -3.27. The number of carboxylic acids is 1. The standard InChI is InChI=1S/C30H39N7O7/c31-12-2-1-3-24(35-27(40)23(32)15-20-16-33-17-34-20)28(41)36-25(13-18-4-8-21(38)9-5-18)29(42)37-26(30(43)44)14-19-6-10-22(39)11-7-19/h4-11,16-17,23-26,38-39H,1-3,12-15,31-32H2,(H,33,34)(H,35,40)(H,36,41)(H,37,42)(H,43,44). The number of amides is 3. The van der Waals surface area contributed by atoms with E-state index in [1.807, 2.05) is 0 Å². The highest BCUT2D eigenvalue weighted by Gasteiger charge is 2.30. The smallest absolute Gasteiger partial charge is 0.326 e. The van der Waals surface area contributed by atoms with E-state index in [1.54, 1.807) is 24.3 Å². The van der Waals surface area contributed by atoms with E-state index in [0.717, 1.165) is 0 Å². The average molecular weight is 610 g/mol. The second-order valence-electron chi connectivity index (χ2n) is 10.4. The van der Waals surface area contributed by atoms with Crippen molar-refractivity contribution in [3.8, 4) is 11.5 Å². The number of carboxylic acid groups (broad SMARTS) is 1. The second-order valence-corrected chi connectivity index (χ2v) is 10.4. The number of aliphatic carboxylic acids is 1. The largest absolute Gasteiger partial charge is 0.508 e. The molecule has 14 nitrogen and oxygen atoms in total. The van der Waals surface area contributed by atoms with Gasteiger partial charge in [-0.1, -0.05) is 24.3 Å². The lowest BCUT2D eigenvalue weighted by molar-refractivity contribution is -0.142. The molecule has 1 aromatic heterocycles. The van der Waals surface area contributed by atoms with E-state index in [2.05, 4.69) is 25.9 Å². The van der Waals surface area contributed by atoms with Gasteiger partial charge in [-0.2, -0.15) is 0 Å². The van der Waals surface area contributed by atoms with Crippen molar-refractivity contribution in [2.75, 3.05) is 6.54 Å². The normalized spacial score (nSPS) is 13.7. The van der Waals surface area contributed by atoms with Crippen molar-refractivity contribution in [3.05, 3.63) is 77.9 Å². The number of carbonyl (C=O) groups excluding carboxylic acids is 3. The maximum Gasteiger partial charge on any atom is 0.326 e. The van der Waals surface area contributed by atoms with Gasteiger partial charge in [0.1, 0.15) is 29.6 Å². The van der Waals surface area contributed by atoms with Gasteiger partial charge in [-0.3, -0.25) is 14.4 Å². The van der Waals surface area contributed by atoms with Crippen molar-refractivity contribution >= 4 is 23.7 Å². The summed E-state index contributed by atoms with van der Waals surface area (Å²) < 4.78 is 0. The van der Waals surface area contributed by atoms with Gasteiger partial charge in [0.25, 0.3) is 0 Å². The summed E-state index contributed by atoms with van der Waals surface area (Å²) in [7, 11) is 0. The first-order chi connectivity index (χ1) is 21.0. The number of nitrogens with two attached hydrogens (primary N) is 2. The van der Waals surface area contributed by atoms with Crippen LogP contribution in [0.15, 0.2) is 61.1 Å². The molecule has 1 heterocycles. The molecule has 236 valence electrons. The number of benzene rings is 2. The molecule has 3 aromatic rings. The molecule has 3 amide bonds. The number of unbranched alkanes of at least 4 members (excludes halogenated alkanes) is 1. The van der Waals surface area contributed by atoms with Crippen LogP contribution in [0.3, 0.4) is 0 Å². The zero-order valence-corrected chi connectivity index (χ0v) is 24.1. The number of imidazole rings is 1. The number of phenols is 2. The Morgan fingerprint density at radius 2 is 1.27 bits per heavy atom. The van der Waals surface area contributed by atoms with Gasteiger partial charge in [0.15, 0.2) is 0 Å². The topological polar surface area (TPSA) is 246 Å². The van der Waals surface area contributed by atoms with E-state index in [-0.39, 0.29) is 37.2 Å². The molecule has 14 heteroatoms. The lowest BCUT2D eigenvalue weighted by atomic mass is 10.0. The number of rotatable bonds is 17. The summed E-state index contributed by atoms with van der Waals surface area (Å²) >= 11 is 0. The van der Waals surface area contributed by atoms with Gasteiger partial charge in [0, 0.05) is 31.2 Å². The van der Waals surface area contributed by atoms with Crippen LogP contribution < -0.4 is 27.4 Å². The highest BCUT2D eigenvalue weighted by molar-refractivity contribution is 5.94. The summed E-state index contributed by atoms with van der Waals surface area (Å²) in [5, 5.41) is 36.9. The third kappa shape index (κ3) is 10.7. The molecule has 0 saturated carbocycles. The van der Waals surface area contributed by atoms with Gasteiger partial charge in [-0.05, 0) is 61.2 Å². The van der Waals surface area contributed by atoms with E-state index in [0.29, 0.717) is 36.2 Å². The first kappa shape index (κ1) is 33.6. The number of carbonyl (C=O) groups is 4. The van der Waals surface area contributed by atoms with E-state index >= 15 is 0 Å². The van der Waals surface area contributed by atoms with Crippen molar-refractivity contribution in [3.63, 3.8) is 0 Å². The maximum absolute atomic E-state index is 13.5. The van der Waals surface area contributed by atoms with Crippen molar-refractivity contribution in [2.45, 2.75) is 62.7 Å². The minimum atomic E-state index is -1.34. The van der Waals surface area contributed by atoms with Crippen molar-refractivity contribution < 1.29 is 34.5 Å². The molecule has 4 atom stereocenters. The van der Waals surface area contributed by atoms with Gasteiger partial charge >= 0.3 is 5.97 Å². The summed E-state index contributed by atoms with van der Waals surface area (Å²) in [4.78, 5) is 58.8. The molecular weight excluding hydrogens is 570 g/mol. The Hall–Kier alpha value is -4.95. The van der Waals surface area contributed by atoms with Gasteiger partial charge in [0.2, 0.25) is 17.7 Å². The van der Waals surface area contributed by atoms with Gasteiger partial charge < -0.3 is 47.7 Å². The van der Waals surface area contributed by atoms with E-state index < -0.39 is 47.9 Å². The minimum absolute atomic E-state index is 0.00720. The van der Waals surface area contributed by atoms with Crippen LogP contribution in [0.4, 0.5) is 0 Å².